The highest BCUT2D eigenvalue weighted by atomic mass is 32.2. The summed E-state index contributed by atoms with van der Waals surface area (Å²) >= 11 is 1.30. The lowest BCUT2D eigenvalue weighted by Gasteiger charge is -2.22. The van der Waals surface area contributed by atoms with E-state index in [1.165, 1.54) is 30.6 Å². The molecule has 0 bridgehead atoms. The predicted molar refractivity (Wildman–Crippen MR) is 127 cm³/mol. The quantitative estimate of drug-likeness (QED) is 0.618. The van der Waals surface area contributed by atoms with Gasteiger partial charge in [0.1, 0.15) is 30.1 Å². The maximum atomic E-state index is 12.1. The molecule has 3 rings (SSSR count). The van der Waals surface area contributed by atoms with Crippen LogP contribution in [0.2, 0.25) is 0 Å². The number of thioether (sulfide) groups is 1. The molecule has 0 saturated heterocycles. The number of benzene rings is 2. The first-order valence-corrected chi connectivity index (χ1v) is 11.4. The molecule has 0 saturated carbocycles. The van der Waals surface area contributed by atoms with Crippen molar-refractivity contribution in [2.24, 2.45) is 5.10 Å². The number of hydrazone groups is 1. The molecule has 7 nitrogen and oxygen atoms in total. The second-order valence-electron chi connectivity index (χ2n) is 7.85. The number of hydrogen-bond acceptors (Lipinski definition) is 6. The van der Waals surface area contributed by atoms with Crippen molar-refractivity contribution < 1.29 is 19.1 Å². The smallest absolute Gasteiger partial charge is 0.241 e. The first kappa shape index (κ1) is 23.7. The Hall–Kier alpha value is -3.00. The van der Waals surface area contributed by atoms with Crippen LogP contribution >= 0.6 is 11.8 Å². The molecule has 0 fully saturated rings. The zero-order valence-corrected chi connectivity index (χ0v) is 19.9. The largest absolute Gasteiger partial charge is 0.490 e. The summed E-state index contributed by atoms with van der Waals surface area (Å²) in [6.07, 6.45) is 0. The Balaban J connectivity index is 1.68. The van der Waals surface area contributed by atoms with E-state index in [-0.39, 0.29) is 11.8 Å². The van der Waals surface area contributed by atoms with E-state index < -0.39 is 5.37 Å². The summed E-state index contributed by atoms with van der Waals surface area (Å²) in [5.74, 6) is 1.43. The maximum Gasteiger partial charge on any atom is 0.241 e. The molecular formula is C24H29N3O4S. The van der Waals surface area contributed by atoms with Gasteiger partial charge in [-0.1, -0.05) is 55.9 Å². The summed E-state index contributed by atoms with van der Waals surface area (Å²) in [4.78, 5) is 23.6. The van der Waals surface area contributed by atoms with E-state index in [1.54, 1.807) is 0 Å². The van der Waals surface area contributed by atoms with Gasteiger partial charge < -0.3 is 14.8 Å². The maximum absolute atomic E-state index is 12.1. The van der Waals surface area contributed by atoms with Gasteiger partial charge in [0.25, 0.3) is 0 Å². The van der Waals surface area contributed by atoms with Crippen molar-refractivity contribution in [3.63, 3.8) is 0 Å². The van der Waals surface area contributed by atoms with Crippen molar-refractivity contribution in [3.05, 3.63) is 59.2 Å². The molecule has 32 heavy (non-hydrogen) atoms. The molecule has 1 aliphatic heterocycles. The van der Waals surface area contributed by atoms with Crippen LogP contribution in [0.1, 0.15) is 55.7 Å². The van der Waals surface area contributed by atoms with E-state index in [0.29, 0.717) is 30.0 Å². The molecule has 2 aromatic rings. The number of carbonyl (C=O) groups excluding carboxylic acids is 2. The Morgan fingerprint density at radius 2 is 1.78 bits per heavy atom. The Kier molecular flexibility index (Phi) is 7.80. The second-order valence-corrected chi connectivity index (χ2v) is 8.92. The summed E-state index contributed by atoms with van der Waals surface area (Å²) in [6, 6.07) is 13.8. The number of hydrogen-bond donors (Lipinski definition) is 1. The van der Waals surface area contributed by atoms with Crippen LogP contribution in [0.15, 0.2) is 47.6 Å². The first-order valence-electron chi connectivity index (χ1n) is 10.5. The van der Waals surface area contributed by atoms with Gasteiger partial charge in [-0.25, -0.2) is 5.01 Å². The molecule has 0 aliphatic carbocycles. The molecule has 8 heteroatoms. The predicted octanol–water partition coefficient (Wildman–Crippen LogP) is 4.58. The lowest BCUT2D eigenvalue weighted by atomic mass is 10.0. The molecule has 1 heterocycles. The zero-order valence-electron chi connectivity index (χ0n) is 19.0. The Morgan fingerprint density at radius 1 is 1.09 bits per heavy atom. The SMILES string of the molecule is CC(=O)NC1=NN(C(C)=O)C(c2ccccc2OCCOc2cc(C)ccc2C(C)C)S1. The molecule has 0 aromatic heterocycles. The fourth-order valence-corrected chi connectivity index (χ4v) is 4.49. The Morgan fingerprint density at radius 3 is 2.44 bits per heavy atom. The van der Waals surface area contributed by atoms with Crippen molar-refractivity contribution in [1.29, 1.82) is 0 Å². The molecule has 2 aromatic carbocycles. The van der Waals surface area contributed by atoms with Crippen LogP contribution in [0.3, 0.4) is 0 Å². The fourth-order valence-electron chi connectivity index (χ4n) is 3.33. The fraction of sp³-hybridized carbons (Fsp3) is 0.375. The minimum Gasteiger partial charge on any atom is -0.490 e. The number of amides is 2. The monoisotopic (exact) mass is 455 g/mol. The highest BCUT2D eigenvalue weighted by Gasteiger charge is 2.34. The van der Waals surface area contributed by atoms with Crippen LogP contribution in [-0.2, 0) is 9.59 Å². The highest BCUT2D eigenvalue weighted by molar-refractivity contribution is 8.14. The number of aryl methyl sites for hydroxylation is 1. The van der Waals surface area contributed by atoms with E-state index >= 15 is 0 Å². The lowest BCUT2D eigenvalue weighted by molar-refractivity contribution is -0.129. The molecule has 1 aliphatic rings. The molecule has 1 N–H and O–H groups in total. The van der Waals surface area contributed by atoms with Crippen LogP contribution in [0, 0.1) is 6.92 Å². The third-order valence-electron chi connectivity index (χ3n) is 4.82. The van der Waals surface area contributed by atoms with E-state index in [1.807, 2.05) is 37.3 Å². The number of para-hydroxylation sites is 1. The minimum absolute atomic E-state index is 0.221. The number of nitrogens with zero attached hydrogens (tertiary/aromatic N) is 2. The first-order chi connectivity index (χ1) is 15.3. The number of nitrogens with one attached hydrogen (secondary N) is 1. The number of carbonyl (C=O) groups is 2. The average molecular weight is 456 g/mol. The third kappa shape index (κ3) is 5.82. The van der Waals surface area contributed by atoms with Gasteiger partial charge in [-0.3, -0.25) is 9.59 Å². The number of ether oxygens (including phenoxy) is 2. The minimum atomic E-state index is -0.421. The summed E-state index contributed by atoms with van der Waals surface area (Å²) in [7, 11) is 0. The summed E-state index contributed by atoms with van der Waals surface area (Å²) in [5.41, 5.74) is 3.11. The highest BCUT2D eigenvalue weighted by Crippen LogP contribution is 2.42. The van der Waals surface area contributed by atoms with Gasteiger partial charge in [0, 0.05) is 19.4 Å². The molecular weight excluding hydrogens is 426 g/mol. The lowest BCUT2D eigenvalue weighted by Crippen LogP contribution is -2.25. The van der Waals surface area contributed by atoms with Crippen LogP contribution in [0.4, 0.5) is 0 Å². The van der Waals surface area contributed by atoms with Crippen molar-refractivity contribution in [2.45, 2.75) is 45.9 Å². The van der Waals surface area contributed by atoms with Gasteiger partial charge in [0.05, 0.1) is 0 Å². The Labute approximate surface area is 193 Å². The van der Waals surface area contributed by atoms with E-state index in [4.69, 9.17) is 9.47 Å². The third-order valence-corrected chi connectivity index (χ3v) is 5.91. The van der Waals surface area contributed by atoms with Crippen molar-refractivity contribution in [2.75, 3.05) is 13.2 Å². The second kappa shape index (κ2) is 10.5. The molecule has 2 amide bonds. The van der Waals surface area contributed by atoms with Crippen LogP contribution in [0.5, 0.6) is 11.5 Å². The number of rotatable bonds is 7. The zero-order chi connectivity index (χ0) is 23.3. The molecule has 1 unspecified atom stereocenters. The van der Waals surface area contributed by atoms with Crippen LogP contribution in [-0.4, -0.2) is 35.2 Å². The van der Waals surface area contributed by atoms with Crippen LogP contribution < -0.4 is 14.8 Å². The van der Waals surface area contributed by atoms with E-state index in [0.717, 1.165) is 22.4 Å². The average Bonchev–Trinajstić information content (AvgIpc) is 3.14. The molecule has 0 radical (unpaired) electrons. The van der Waals surface area contributed by atoms with Crippen molar-refractivity contribution >= 4 is 28.7 Å². The van der Waals surface area contributed by atoms with Crippen molar-refractivity contribution in [1.82, 2.24) is 10.3 Å². The van der Waals surface area contributed by atoms with Gasteiger partial charge in [-0.05, 0) is 36.1 Å². The van der Waals surface area contributed by atoms with Gasteiger partial charge >= 0.3 is 0 Å². The molecule has 1 atom stereocenters. The van der Waals surface area contributed by atoms with Crippen molar-refractivity contribution in [3.8, 4) is 11.5 Å². The normalized spacial score (nSPS) is 15.5. The van der Waals surface area contributed by atoms with E-state index in [9.17, 15) is 9.59 Å². The van der Waals surface area contributed by atoms with Gasteiger partial charge in [0.15, 0.2) is 5.17 Å². The van der Waals surface area contributed by atoms with Crippen LogP contribution in [0.25, 0.3) is 0 Å². The Bertz CT molecular complexity index is 1020. The standard InChI is InChI=1S/C24H29N3O4S/c1-15(2)19-11-10-16(3)14-22(19)31-13-12-30-21-9-7-6-8-20(21)23-27(18(5)29)26-24(32-23)25-17(4)28/h6-11,14-15,23H,12-13H2,1-5H3,(H,25,26,28). The van der Waals surface area contributed by atoms with E-state index in [2.05, 4.69) is 36.4 Å². The van der Waals surface area contributed by atoms with Gasteiger partial charge in [0.2, 0.25) is 11.8 Å². The molecule has 170 valence electrons. The summed E-state index contributed by atoms with van der Waals surface area (Å²) < 4.78 is 12.1. The van der Waals surface area contributed by atoms with Gasteiger partial charge in [-0.2, -0.15) is 0 Å². The summed E-state index contributed by atoms with van der Waals surface area (Å²) in [5, 5.41) is 8.23. The molecule has 0 spiro atoms. The summed E-state index contributed by atoms with van der Waals surface area (Å²) in [6.45, 7) is 9.91. The topological polar surface area (TPSA) is 80.2 Å². The van der Waals surface area contributed by atoms with Gasteiger partial charge in [-0.15, -0.1) is 5.10 Å². The number of amidine groups is 1.